The highest BCUT2D eigenvalue weighted by Gasteiger charge is 2.15. The SMILES string of the molecule is CSCCC(N)c1nc(C(C)C)no1. The molecular formula is C9H17N3OS. The van der Waals surface area contributed by atoms with Gasteiger partial charge in [0.25, 0.3) is 0 Å². The molecular weight excluding hydrogens is 198 g/mol. The normalized spacial score (nSPS) is 13.5. The Hall–Kier alpha value is -0.550. The lowest BCUT2D eigenvalue weighted by molar-refractivity contribution is 0.347. The monoisotopic (exact) mass is 215 g/mol. The lowest BCUT2D eigenvalue weighted by Crippen LogP contribution is -2.11. The molecule has 5 heteroatoms. The van der Waals surface area contributed by atoms with Crippen molar-refractivity contribution in [1.29, 1.82) is 0 Å². The fourth-order valence-corrected chi connectivity index (χ4v) is 1.49. The van der Waals surface area contributed by atoms with Crippen LogP contribution < -0.4 is 5.73 Å². The van der Waals surface area contributed by atoms with Gasteiger partial charge >= 0.3 is 0 Å². The molecule has 0 aromatic carbocycles. The van der Waals surface area contributed by atoms with Crippen LogP contribution in [0.4, 0.5) is 0 Å². The van der Waals surface area contributed by atoms with Crippen LogP contribution in [0.1, 0.15) is 43.9 Å². The molecule has 0 bridgehead atoms. The Morgan fingerprint density at radius 1 is 1.50 bits per heavy atom. The largest absolute Gasteiger partial charge is 0.338 e. The van der Waals surface area contributed by atoms with E-state index in [1.165, 1.54) is 0 Å². The number of hydrogen-bond donors (Lipinski definition) is 1. The van der Waals surface area contributed by atoms with E-state index in [9.17, 15) is 0 Å². The number of aromatic nitrogens is 2. The number of hydrogen-bond acceptors (Lipinski definition) is 5. The molecule has 0 amide bonds. The smallest absolute Gasteiger partial charge is 0.243 e. The molecule has 0 radical (unpaired) electrons. The highest BCUT2D eigenvalue weighted by Crippen LogP contribution is 2.16. The van der Waals surface area contributed by atoms with Crippen molar-refractivity contribution in [3.05, 3.63) is 11.7 Å². The van der Waals surface area contributed by atoms with Gasteiger partial charge in [-0.05, 0) is 18.4 Å². The third kappa shape index (κ3) is 2.99. The maximum absolute atomic E-state index is 5.88. The van der Waals surface area contributed by atoms with E-state index in [1.54, 1.807) is 11.8 Å². The molecule has 0 aliphatic carbocycles. The van der Waals surface area contributed by atoms with Crippen LogP contribution in [0, 0.1) is 0 Å². The van der Waals surface area contributed by atoms with E-state index >= 15 is 0 Å². The number of rotatable bonds is 5. The quantitative estimate of drug-likeness (QED) is 0.813. The maximum Gasteiger partial charge on any atom is 0.243 e. The van der Waals surface area contributed by atoms with Crippen molar-refractivity contribution in [1.82, 2.24) is 10.1 Å². The molecule has 4 nitrogen and oxygen atoms in total. The highest BCUT2D eigenvalue weighted by atomic mass is 32.2. The van der Waals surface area contributed by atoms with Gasteiger partial charge in [0.15, 0.2) is 5.82 Å². The minimum absolute atomic E-state index is 0.123. The van der Waals surface area contributed by atoms with Gasteiger partial charge in [-0.3, -0.25) is 0 Å². The summed E-state index contributed by atoms with van der Waals surface area (Å²) in [6.07, 6.45) is 2.93. The zero-order valence-electron chi connectivity index (χ0n) is 8.86. The highest BCUT2D eigenvalue weighted by molar-refractivity contribution is 7.98. The van der Waals surface area contributed by atoms with E-state index in [-0.39, 0.29) is 6.04 Å². The molecule has 0 aliphatic heterocycles. The van der Waals surface area contributed by atoms with Gasteiger partial charge in [-0.1, -0.05) is 19.0 Å². The van der Waals surface area contributed by atoms with Gasteiger partial charge in [0.05, 0.1) is 6.04 Å². The summed E-state index contributed by atoms with van der Waals surface area (Å²) in [5, 5.41) is 3.87. The molecule has 14 heavy (non-hydrogen) atoms. The molecule has 1 atom stereocenters. The third-order valence-electron chi connectivity index (χ3n) is 1.92. The lowest BCUT2D eigenvalue weighted by atomic mass is 10.2. The Morgan fingerprint density at radius 3 is 2.71 bits per heavy atom. The molecule has 0 saturated heterocycles. The maximum atomic E-state index is 5.88. The van der Waals surface area contributed by atoms with Crippen LogP contribution in [0.5, 0.6) is 0 Å². The van der Waals surface area contributed by atoms with Gasteiger partial charge in [0, 0.05) is 5.92 Å². The van der Waals surface area contributed by atoms with Crippen molar-refractivity contribution in [2.24, 2.45) is 5.73 Å². The molecule has 0 saturated carbocycles. The third-order valence-corrected chi connectivity index (χ3v) is 2.57. The summed E-state index contributed by atoms with van der Waals surface area (Å²) in [7, 11) is 0. The second-order valence-electron chi connectivity index (χ2n) is 3.53. The zero-order chi connectivity index (χ0) is 10.6. The molecule has 1 heterocycles. The molecule has 80 valence electrons. The standard InChI is InChI=1S/C9H17N3OS/c1-6(2)8-11-9(13-12-8)7(10)4-5-14-3/h6-7H,4-5,10H2,1-3H3. The summed E-state index contributed by atoms with van der Waals surface area (Å²) < 4.78 is 5.09. The molecule has 1 rings (SSSR count). The van der Waals surface area contributed by atoms with E-state index in [0.29, 0.717) is 11.8 Å². The summed E-state index contributed by atoms with van der Waals surface area (Å²) >= 11 is 1.77. The Morgan fingerprint density at radius 2 is 2.21 bits per heavy atom. The van der Waals surface area contributed by atoms with E-state index in [2.05, 4.69) is 16.4 Å². The van der Waals surface area contributed by atoms with Gasteiger partial charge < -0.3 is 10.3 Å². The predicted octanol–water partition coefficient (Wildman–Crippen LogP) is 1.95. The Bertz CT molecular complexity index is 275. The second-order valence-corrected chi connectivity index (χ2v) is 4.52. The van der Waals surface area contributed by atoms with Crippen molar-refractivity contribution in [2.75, 3.05) is 12.0 Å². The van der Waals surface area contributed by atoms with Crippen molar-refractivity contribution >= 4 is 11.8 Å². The summed E-state index contributed by atoms with van der Waals surface area (Å²) in [6, 6.07) is -0.123. The topological polar surface area (TPSA) is 64.9 Å². The summed E-state index contributed by atoms with van der Waals surface area (Å²) in [5.41, 5.74) is 5.88. The zero-order valence-corrected chi connectivity index (χ0v) is 9.67. The molecule has 1 aromatic rings. The average Bonchev–Trinajstić information content (AvgIpc) is 2.62. The van der Waals surface area contributed by atoms with E-state index in [4.69, 9.17) is 10.3 Å². The van der Waals surface area contributed by atoms with Crippen molar-refractivity contribution in [3.8, 4) is 0 Å². The van der Waals surface area contributed by atoms with Crippen LogP contribution in [0.2, 0.25) is 0 Å². The van der Waals surface area contributed by atoms with Crippen LogP contribution in [0.3, 0.4) is 0 Å². The van der Waals surface area contributed by atoms with Crippen molar-refractivity contribution < 1.29 is 4.52 Å². The van der Waals surface area contributed by atoms with Gasteiger partial charge in [-0.25, -0.2) is 0 Å². The molecule has 2 N–H and O–H groups in total. The minimum atomic E-state index is -0.123. The summed E-state index contributed by atoms with van der Waals surface area (Å²) in [6.45, 7) is 4.06. The molecule has 0 fully saturated rings. The van der Waals surface area contributed by atoms with Gasteiger partial charge in [0.2, 0.25) is 5.89 Å². The first-order valence-corrected chi connectivity index (χ1v) is 6.12. The van der Waals surface area contributed by atoms with Crippen LogP contribution >= 0.6 is 11.8 Å². The van der Waals surface area contributed by atoms with Crippen LogP contribution in [-0.4, -0.2) is 22.1 Å². The molecule has 1 aromatic heterocycles. The summed E-state index contributed by atoms with van der Waals surface area (Å²) in [4.78, 5) is 4.25. The molecule has 0 aliphatic rings. The first-order chi connectivity index (χ1) is 6.65. The van der Waals surface area contributed by atoms with Crippen LogP contribution in [-0.2, 0) is 0 Å². The van der Waals surface area contributed by atoms with Gasteiger partial charge in [-0.2, -0.15) is 16.7 Å². The Balaban J connectivity index is 2.57. The fourth-order valence-electron chi connectivity index (χ4n) is 1.00. The minimum Gasteiger partial charge on any atom is -0.338 e. The van der Waals surface area contributed by atoms with Gasteiger partial charge in [0.1, 0.15) is 0 Å². The number of nitrogens with two attached hydrogens (primary N) is 1. The van der Waals surface area contributed by atoms with E-state index < -0.39 is 0 Å². The first-order valence-electron chi connectivity index (χ1n) is 4.73. The predicted molar refractivity (Wildman–Crippen MR) is 58.3 cm³/mol. The number of thioether (sulfide) groups is 1. The molecule has 1 unspecified atom stereocenters. The van der Waals surface area contributed by atoms with Gasteiger partial charge in [-0.15, -0.1) is 0 Å². The Kier molecular flexibility index (Phi) is 4.41. The van der Waals surface area contributed by atoms with E-state index in [0.717, 1.165) is 18.0 Å². The Labute approximate surface area is 88.6 Å². The average molecular weight is 215 g/mol. The van der Waals surface area contributed by atoms with Crippen molar-refractivity contribution in [3.63, 3.8) is 0 Å². The number of nitrogens with zero attached hydrogens (tertiary/aromatic N) is 2. The molecule has 0 spiro atoms. The summed E-state index contributed by atoms with van der Waals surface area (Å²) in [5.74, 6) is 2.60. The lowest BCUT2D eigenvalue weighted by Gasteiger charge is -2.03. The van der Waals surface area contributed by atoms with Crippen LogP contribution in [0.25, 0.3) is 0 Å². The van der Waals surface area contributed by atoms with Crippen molar-refractivity contribution in [2.45, 2.75) is 32.2 Å². The van der Waals surface area contributed by atoms with E-state index in [1.807, 2.05) is 13.8 Å². The fraction of sp³-hybridized carbons (Fsp3) is 0.778. The first kappa shape index (κ1) is 11.5. The van der Waals surface area contributed by atoms with Crippen LogP contribution in [0.15, 0.2) is 4.52 Å². The second kappa shape index (κ2) is 5.36.